The smallest absolute Gasteiger partial charge is 0.104 e. The van der Waals surface area contributed by atoms with Gasteiger partial charge in [-0.2, -0.15) is 0 Å². The number of aliphatic hydroxyl groups is 2. The first-order valence-electron chi connectivity index (χ1n) is 6.77. The Bertz CT molecular complexity index is 415. The molecule has 0 saturated carbocycles. The lowest BCUT2D eigenvalue weighted by Gasteiger charge is -2.29. The molecule has 0 aliphatic heterocycles. The number of hydrogen-bond acceptors (Lipinski definition) is 4. The molecule has 0 bridgehead atoms. The van der Waals surface area contributed by atoms with Crippen LogP contribution in [0.2, 0.25) is 0 Å². The van der Waals surface area contributed by atoms with Crippen molar-refractivity contribution in [2.75, 3.05) is 19.8 Å². The summed E-state index contributed by atoms with van der Waals surface area (Å²) in [4.78, 5) is 3.58. The molecule has 0 aliphatic carbocycles. The summed E-state index contributed by atoms with van der Waals surface area (Å²) in [5, 5.41) is 19.9. The molecule has 19 heavy (non-hydrogen) atoms. The van der Waals surface area contributed by atoms with Crippen LogP contribution in [0.4, 0.5) is 0 Å². The average Bonchev–Trinajstić information content (AvgIpc) is 2.85. The van der Waals surface area contributed by atoms with E-state index in [1.165, 1.54) is 4.88 Å². The minimum Gasteiger partial charge on any atom is -0.395 e. The molecule has 0 amide bonds. The number of rotatable bonds is 7. The van der Waals surface area contributed by atoms with Crippen molar-refractivity contribution >= 4 is 11.3 Å². The zero-order valence-corrected chi connectivity index (χ0v) is 12.5. The second-order valence-electron chi connectivity index (χ2n) is 4.43. The lowest BCUT2D eigenvalue weighted by atomic mass is 10.1. The molecule has 1 heterocycles. The molecule has 0 radical (unpaired) electrons. The fourth-order valence-corrected chi connectivity index (χ4v) is 3.04. The summed E-state index contributed by atoms with van der Waals surface area (Å²) < 4.78 is 0. The molecular formula is C15H23NO2S. The summed E-state index contributed by atoms with van der Waals surface area (Å²) in [6, 6.07) is 2.58. The molecule has 1 aromatic heterocycles. The zero-order chi connectivity index (χ0) is 14.1. The van der Waals surface area contributed by atoms with Crippen molar-refractivity contribution in [2.24, 2.45) is 0 Å². The van der Waals surface area contributed by atoms with Crippen LogP contribution in [0.1, 0.15) is 37.1 Å². The van der Waals surface area contributed by atoms with Gasteiger partial charge < -0.3 is 10.2 Å². The highest BCUT2D eigenvalue weighted by atomic mass is 32.1. The molecular weight excluding hydrogens is 258 g/mol. The van der Waals surface area contributed by atoms with Gasteiger partial charge in [0.2, 0.25) is 0 Å². The third-order valence-corrected chi connectivity index (χ3v) is 4.09. The summed E-state index contributed by atoms with van der Waals surface area (Å²) in [5.41, 5.74) is 0.961. The van der Waals surface area contributed by atoms with Crippen molar-refractivity contribution in [1.82, 2.24) is 4.90 Å². The standard InChI is InChI=1S/C15H23NO2S/c1-3-14(4-2)16(7-9-18)11-15-10-13(12-19-15)6-5-8-17/h10,12,14,17-18H,3-4,7-9,11H2,1-2H3. The van der Waals surface area contributed by atoms with E-state index in [0.29, 0.717) is 12.6 Å². The molecule has 0 aromatic carbocycles. The molecule has 2 N–H and O–H groups in total. The van der Waals surface area contributed by atoms with Crippen LogP contribution in [-0.4, -0.2) is 40.9 Å². The van der Waals surface area contributed by atoms with Gasteiger partial charge in [-0.05, 0) is 18.9 Å². The number of thiophene rings is 1. The molecule has 0 aliphatic rings. The first-order valence-corrected chi connectivity index (χ1v) is 7.65. The van der Waals surface area contributed by atoms with Crippen LogP contribution in [0, 0.1) is 11.8 Å². The average molecular weight is 281 g/mol. The minimum absolute atomic E-state index is 0.102. The highest BCUT2D eigenvalue weighted by Gasteiger charge is 2.15. The Morgan fingerprint density at radius 2 is 2.05 bits per heavy atom. The van der Waals surface area contributed by atoms with Crippen LogP contribution < -0.4 is 0 Å². The van der Waals surface area contributed by atoms with Crippen molar-refractivity contribution in [3.63, 3.8) is 0 Å². The van der Waals surface area contributed by atoms with E-state index < -0.39 is 0 Å². The Balaban J connectivity index is 2.70. The Morgan fingerprint density at radius 3 is 2.63 bits per heavy atom. The lowest BCUT2D eigenvalue weighted by Crippen LogP contribution is -2.35. The molecule has 1 aromatic rings. The summed E-state index contributed by atoms with van der Waals surface area (Å²) in [5.74, 6) is 5.58. The first kappa shape index (κ1) is 16.2. The molecule has 106 valence electrons. The number of aliphatic hydroxyl groups excluding tert-OH is 2. The van der Waals surface area contributed by atoms with Gasteiger partial charge in [0.1, 0.15) is 6.61 Å². The van der Waals surface area contributed by atoms with Crippen molar-refractivity contribution in [3.05, 3.63) is 21.9 Å². The van der Waals surface area contributed by atoms with Crippen molar-refractivity contribution in [1.29, 1.82) is 0 Å². The van der Waals surface area contributed by atoms with Gasteiger partial charge in [0.25, 0.3) is 0 Å². The zero-order valence-electron chi connectivity index (χ0n) is 11.7. The maximum absolute atomic E-state index is 9.19. The van der Waals surface area contributed by atoms with E-state index in [1.807, 2.05) is 5.38 Å². The second kappa shape index (κ2) is 9.11. The molecule has 0 unspecified atom stereocenters. The van der Waals surface area contributed by atoms with E-state index in [9.17, 15) is 5.11 Å². The fraction of sp³-hybridized carbons (Fsp3) is 0.600. The topological polar surface area (TPSA) is 43.7 Å². The van der Waals surface area contributed by atoms with E-state index in [0.717, 1.165) is 24.9 Å². The predicted molar refractivity (Wildman–Crippen MR) is 80.1 cm³/mol. The van der Waals surface area contributed by atoms with Crippen molar-refractivity contribution in [2.45, 2.75) is 39.3 Å². The molecule has 0 atom stereocenters. The SMILES string of the molecule is CCC(CC)N(CCO)Cc1cc(C#CCO)cs1. The quantitative estimate of drug-likeness (QED) is 0.752. The number of nitrogens with zero attached hydrogens (tertiary/aromatic N) is 1. The molecule has 0 spiro atoms. The van der Waals surface area contributed by atoms with Gasteiger partial charge in [-0.15, -0.1) is 11.3 Å². The largest absolute Gasteiger partial charge is 0.395 e. The third-order valence-electron chi connectivity index (χ3n) is 3.17. The highest BCUT2D eigenvalue weighted by Crippen LogP contribution is 2.19. The monoisotopic (exact) mass is 281 g/mol. The predicted octanol–water partition coefficient (Wildman–Crippen LogP) is 2.07. The minimum atomic E-state index is -0.102. The van der Waals surface area contributed by atoms with Gasteiger partial charge in [-0.1, -0.05) is 25.7 Å². The van der Waals surface area contributed by atoms with Crippen LogP contribution in [0.5, 0.6) is 0 Å². The molecule has 0 fully saturated rings. The molecule has 3 nitrogen and oxygen atoms in total. The van der Waals surface area contributed by atoms with Crippen molar-refractivity contribution < 1.29 is 10.2 Å². The van der Waals surface area contributed by atoms with E-state index in [-0.39, 0.29) is 13.2 Å². The fourth-order valence-electron chi connectivity index (χ4n) is 2.20. The van der Waals surface area contributed by atoms with Crippen LogP contribution in [0.15, 0.2) is 11.4 Å². The Labute approximate surface area is 119 Å². The van der Waals surface area contributed by atoms with Crippen LogP contribution >= 0.6 is 11.3 Å². The Morgan fingerprint density at radius 1 is 1.32 bits per heavy atom. The van der Waals surface area contributed by atoms with E-state index in [4.69, 9.17) is 5.11 Å². The van der Waals surface area contributed by atoms with Crippen LogP contribution in [0.3, 0.4) is 0 Å². The van der Waals surface area contributed by atoms with Crippen LogP contribution in [0.25, 0.3) is 0 Å². The molecule has 0 saturated heterocycles. The Hall–Kier alpha value is -0.860. The maximum atomic E-state index is 9.19. The van der Waals surface area contributed by atoms with E-state index in [2.05, 4.69) is 36.7 Å². The molecule has 1 rings (SSSR count). The summed E-state index contributed by atoms with van der Waals surface area (Å²) in [7, 11) is 0. The normalized spacial score (nSPS) is 10.8. The van der Waals surface area contributed by atoms with Gasteiger partial charge in [-0.25, -0.2) is 0 Å². The van der Waals surface area contributed by atoms with Gasteiger partial charge in [0.05, 0.1) is 6.61 Å². The van der Waals surface area contributed by atoms with Gasteiger partial charge >= 0.3 is 0 Å². The highest BCUT2D eigenvalue weighted by molar-refractivity contribution is 7.10. The van der Waals surface area contributed by atoms with E-state index >= 15 is 0 Å². The van der Waals surface area contributed by atoms with Crippen molar-refractivity contribution in [3.8, 4) is 11.8 Å². The van der Waals surface area contributed by atoms with Crippen LogP contribution in [-0.2, 0) is 6.54 Å². The summed E-state index contributed by atoms with van der Waals surface area (Å²) in [6.45, 7) is 6.03. The molecule has 4 heteroatoms. The Kier molecular flexibility index (Phi) is 7.76. The van der Waals surface area contributed by atoms with Gasteiger partial charge in [-0.3, -0.25) is 4.90 Å². The first-order chi connectivity index (χ1) is 9.24. The summed E-state index contributed by atoms with van der Waals surface area (Å²) in [6.07, 6.45) is 2.19. The summed E-state index contributed by atoms with van der Waals surface area (Å²) >= 11 is 1.69. The third kappa shape index (κ3) is 5.33. The maximum Gasteiger partial charge on any atom is 0.104 e. The van der Waals surface area contributed by atoms with Gasteiger partial charge in [0.15, 0.2) is 0 Å². The van der Waals surface area contributed by atoms with E-state index in [1.54, 1.807) is 11.3 Å². The lowest BCUT2D eigenvalue weighted by molar-refractivity contribution is 0.137. The second-order valence-corrected chi connectivity index (χ2v) is 5.42. The van der Waals surface area contributed by atoms with Gasteiger partial charge in [0, 0.05) is 35.0 Å². The number of hydrogen-bond donors (Lipinski definition) is 2.